The van der Waals surface area contributed by atoms with Gasteiger partial charge in [0, 0.05) is 9.13 Å². The standard InChI is InChI=1S/C11H15IO/c1-7(2)9-5-10(12)8(3)11(6-9)13-4/h5-7H,1-4H3. The van der Waals surface area contributed by atoms with Crippen molar-refractivity contribution < 1.29 is 4.74 Å². The van der Waals surface area contributed by atoms with E-state index < -0.39 is 0 Å². The average molecular weight is 290 g/mol. The van der Waals surface area contributed by atoms with Gasteiger partial charge in [0.05, 0.1) is 7.11 Å². The number of halogens is 1. The van der Waals surface area contributed by atoms with Crippen LogP contribution in [0, 0.1) is 10.5 Å². The van der Waals surface area contributed by atoms with Gasteiger partial charge in [-0.1, -0.05) is 13.8 Å². The predicted molar refractivity (Wildman–Crippen MR) is 64.5 cm³/mol. The molecule has 1 nitrogen and oxygen atoms in total. The molecule has 0 fully saturated rings. The molecule has 0 amide bonds. The van der Waals surface area contributed by atoms with E-state index in [4.69, 9.17) is 4.74 Å². The Bertz CT molecular complexity index is 305. The van der Waals surface area contributed by atoms with E-state index in [0.717, 1.165) is 5.75 Å². The van der Waals surface area contributed by atoms with Gasteiger partial charge in [-0.3, -0.25) is 0 Å². The van der Waals surface area contributed by atoms with Gasteiger partial charge >= 0.3 is 0 Å². The zero-order chi connectivity index (χ0) is 10.0. The van der Waals surface area contributed by atoms with Crippen LogP contribution in [-0.2, 0) is 0 Å². The van der Waals surface area contributed by atoms with Crippen LogP contribution in [0.3, 0.4) is 0 Å². The highest BCUT2D eigenvalue weighted by Crippen LogP contribution is 2.28. The minimum absolute atomic E-state index is 0.558. The van der Waals surface area contributed by atoms with Crippen molar-refractivity contribution in [3.63, 3.8) is 0 Å². The first-order valence-electron chi connectivity index (χ1n) is 4.40. The quantitative estimate of drug-likeness (QED) is 0.754. The summed E-state index contributed by atoms with van der Waals surface area (Å²) in [5.74, 6) is 1.55. The Morgan fingerprint density at radius 2 is 1.92 bits per heavy atom. The molecule has 1 aromatic rings. The van der Waals surface area contributed by atoms with E-state index in [1.54, 1.807) is 7.11 Å². The lowest BCUT2D eigenvalue weighted by Crippen LogP contribution is -1.95. The van der Waals surface area contributed by atoms with Crippen molar-refractivity contribution in [2.45, 2.75) is 26.7 Å². The number of methoxy groups -OCH3 is 1. The molecule has 0 heterocycles. The monoisotopic (exact) mass is 290 g/mol. The van der Waals surface area contributed by atoms with Gasteiger partial charge in [0.15, 0.2) is 0 Å². The van der Waals surface area contributed by atoms with Crippen LogP contribution < -0.4 is 4.74 Å². The van der Waals surface area contributed by atoms with Crippen molar-refractivity contribution >= 4 is 22.6 Å². The Morgan fingerprint density at radius 3 is 2.38 bits per heavy atom. The second-order valence-electron chi connectivity index (χ2n) is 3.48. The molecule has 0 aromatic heterocycles. The Kier molecular flexibility index (Phi) is 3.59. The highest BCUT2D eigenvalue weighted by atomic mass is 127. The third kappa shape index (κ3) is 2.36. The zero-order valence-electron chi connectivity index (χ0n) is 8.52. The highest BCUT2D eigenvalue weighted by Gasteiger charge is 2.07. The number of hydrogen-bond donors (Lipinski definition) is 0. The van der Waals surface area contributed by atoms with Gasteiger partial charge < -0.3 is 4.74 Å². The Morgan fingerprint density at radius 1 is 1.31 bits per heavy atom. The summed E-state index contributed by atoms with van der Waals surface area (Å²) < 4.78 is 6.59. The maximum Gasteiger partial charge on any atom is 0.123 e. The van der Waals surface area contributed by atoms with E-state index >= 15 is 0 Å². The van der Waals surface area contributed by atoms with E-state index in [1.807, 2.05) is 0 Å². The molecule has 0 saturated carbocycles. The summed E-state index contributed by atoms with van der Waals surface area (Å²) in [6, 6.07) is 4.35. The summed E-state index contributed by atoms with van der Waals surface area (Å²) in [7, 11) is 1.72. The second kappa shape index (κ2) is 4.31. The molecule has 0 radical (unpaired) electrons. The molecule has 0 unspecified atom stereocenters. The molecule has 0 aliphatic rings. The van der Waals surface area contributed by atoms with Crippen molar-refractivity contribution in [1.82, 2.24) is 0 Å². The lowest BCUT2D eigenvalue weighted by atomic mass is 10.0. The van der Waals surface area contributed by atoms with Crippen LogP contribution in [0.4, 0.5) is 0 Å². The number of benzene rings is 1. The fraction of sp³-hybridized carbons (Fsp3) is 0.455. The van der Waals surface area contributed by atoms with Gasteiger partial charge in [-0.15, -0.1) is 0 Å². The van der Waals surface area contributed by atoms with Gasteiger partial charge in [-0.2, -0.15) is 0 Å². The van der Waals surface area contributed by atoms with Crippen LogP contribution in [-0.4, -0.2) is 7.11 Å². The fourth-order valence-electron chi connectivity index (χ4n) is 1.22. The Labute approximate surface area is 93.6 Å². The SMILES string of the molecule is COc1cc(C(C)C)cc(I)c1C. The van der Waals surface area contributed by atoms with Crippen molar-refractivity contribution in [3.05, 3.63) is 26.8 Å². The topological polar surface area (TPSA) is 9.23 Å². The molecule has 72 valence electrons. The highest BCUT2D eigenvalue weighted by molar-refractivity contribution is 14.1. The molecule has 13 heavy (non-hydrogen) atoms. The molecule has 0 aliphatic carbocycles. The summed E-state index contributed by atoms with van der Waals surface area (Å²) in [5.41, 5.74) is 2.57. The van der Waals surface area contributed by atoms with Gasteiger partial charge in [-0.25, -0.2) is 0 Å². The first-order chi connectivity index (χ1) is 6.06. The molecule has 1 rings (SSSR count). The largest absolute Gasteiger partial charge is 0.496 e. The van der Waals surface area contributed by atoms with Crippen molar-refractivity contribution in [1.29, 1.82) is 0 Å². The van der Waals surface area contributed by atoms with Gasteiger partial charge in [0.25, 0.3) is 0 Å². The van der Waals surface area contributed by atoms with E-state index in [1.165, 1.54) is 14.7 Å². The zero-order valence-corrected chi connectivity index (χ0v) is 10.7. The van der Waals surface area contributed by atoms with Gasteiger partial charge in [0.2, 0.25) is 0 Å². The first-order valence-corrected chi connectivity index (χ1v) is 5.48. The summed E-state index contributed by atoms with van der Waals surface area (Å²) in [5, 5.41) is 0. The lowest BCUT2D eigenvalue weighted by molar-refractivity contribution is 0.410. The van der Waals surface area contributed by atoms with E-state index in [-0.39, 0.29) is 0 Å². The van der Waals surface area contributed by atoms with E-state index in [2.05, 4.69) is 55.5 Å². The normalized spacial score (nSPS) is 10.6. The Hall–Kier alpha value is -0.250. The first kappa shape index (κ1) is 10.8. The molecule has 0 N–H and O–H groups in total. The molecule has 0 bridgehead atoms. The number of ether oxygens (including phenoxy) is 1. The van der Waals surface area contributed by atoms with Crippen LogP contribution in [0.2, 0.25) is 0 Å². The predicted octanol–water partition coefficient (Wildman–Crippen LogP) is 3.73. The minimum Gasteiger partial charge on any atom is -0.496 e. The van der Waals surface area contributed by atoms with Gasteiger partial charge in [0.1, 0.15) is 5.75 Å². The summed E-state index contributed by atoms with van der Waals surface area (Å²) >= 11 is 2.35. The van der Waals surface area contributed by atoms with Crippen molar-refractivity contribution in [2.24, 2.45) is 0 Å². The molecule has 0 aliphatic heterocycles. The van der Waals surface area contributed by atoms with Crippen molar-refractivity contribution in [3.8, 4) is 5.75 Å². The summed E-state index contributed by atoms with van der Waals surface area (Å²) in [6.07, 6.45) is 0. The fourth-order valence-corrected chi connectivity index (χ4v) is 1.84. The van der Waals surface area contributed by atoms with Crippen LogP contribution in [0.1, 0.15) is 30.9 Å². The molecular weight excluding hydrogens is 275 g/mol. The summed E-state index contributed by atoms with van der Waals surface area (Å²) in [6.45, 7) is 6.48. The second-order valence-corrected chi connectivity index (χ2v) is 4.65. The molecule has 1 aromatic carbocycles. The molecule has 0 atom stereocenters. The van der Waals surface area contributed by atoms with E-state index in [0.29, 0.717) is 5.92 Å². The Balaban J connectivity index is 3.22. The van der Waals surface area contributed by atoms with E-state index in [9.17, 15) is 0 Å². The van der Waals surface area contributed by atoms with Crippen LogP contribution in [0.25, 0.3) is 0 Å². The number of hydrogen-bond acceptors (Lipinski definition) is 1. The van der Waals surface area contributed by atoms with Crippen LogP contribution in [0.15, 0.2) is 12.1 Å². The lowest BCUT2D eigenvalue weighted by Gasteiger charge is -2.12. The summed E-state index contributed by atoms with van der Waals surface area (Å²) in [4.78, 5) is 0. The molecule has 2 heteroatoms. The average Bonchev–Trinajstić information content (AvgIpc) is 2.09. The smallest absolute Gasteiger partial charge is 0.123 e. The maximum absolute atomic E-state index is 5.31. The van der Waals surface area contributed by atoms with Gasteiger partial charge in [-0.05, 0) is 53.1 Å². The van der Waals surface area contributed by atoms with Crippen molar-refractivity contribution in [2.75, 3.05) is 7.11 Å². The van der Waals surface area contributed by atoms with Crippen LogP contribution in [0.5, 0.6) is 5.75 Å². The van der Waals surface area contributed by atoms with Crippen LogP contribution >= 0.6 is 22.6 Å². The maximum atomic E-state index is 5.31. The minimum atomic E-state index is 0.558. The third-order valence-corrected chi connectivity index (χ3v) is 3.33. The molecule has 0 saturated heterocycles. The molecular formula is C11H15IO. The third-order valence-electron chi connectivity index (χ3n) is 2.21. The number of rotatable bonds is 2. The molecule has 0 spiro atoms.